The largest absolute Gasteiger partial charge is 0.208 e. The Morgan fingerprint density at radius 2 is 0.480 bits per heavy atom. The molecule has 0 unspecified atom stereocenters. The van der Waals surface area contributed by atoms with Gasteiger partial charge in [0, 0.05) is 73.7 Å². The molecule has 0 spiro atoms. The molecule has 15 aromatic carbocycles. The van der Waals surface area contributed by atoms with Crippen LogP contribution < -0.4 is 0 Å². The highest BCUT2D eigenvalue weighted by Gasteiger charge is 2.22. The first kappa shape index (κ1) is 58.1. The summed E-state index contributed by atoms with van der Waals surface area (Å²) in [6.07, 6.45) is 0. The van der Waals surface area contributed by atoms with Crippen molar-refractivity contribution in [3.63, 3.8) is 0 Å². The SMILES string of the molecule is c1ccc(-c2nc(-c3ccccc3)nc(-c3cc(-c4cccc(-c5cc6ccccc6c6ccccc56)c4)c4c(c3)sc3ccccc34)n2)cc1.c1ccc(-c2nc(-c3ccccc3)nc(-c3cc(-c4cccc(-c5cccc6ccccc56)c4)c4c(c3)sc3ccccc34)n2)cc1. The van der Waals surface area contributed by atoms with Gasteiger partial charge < -0.3 is 0 Å². The fourth-order valence-corrected chi connectivity index (χ4v) is 16.1. The quantitative estimate of drug-likeness (QED) is 0.127. The van der Waals surface area contributed by atoms with Crippen LogP contribution in [-0.2, 0) is 0 Å². The van der Waals surface area contributed by atoms with Crippen LogP contribution in [0.1, 0.15) is 0 Å². The summed E-state index contributed by atoms with van der Waals surface area (Å²) in [4.78, 5) is 30.2. The molecule has 0 saturated carbocycles. The Balaban J connectivity index is 0.000000143. The molecule has 98 heavy (non-hydrogen) atoms. The summed E-state index contributed by atoms with van der Waals surface area (Å²) < 4.78 is 4.93. The first-order chi connectivity index (χ1) is 48.5. The summed E-state index contributed by atoms with van der Waals surface area (Å²) in [5.41, 5.74) is 15.2. The minimum atomic E-state index is 0.653. The number of benzene rings is 15. The van der Waals surface area contributed by atoms with Gasteiger partial charge in [0.25, 0.3) is 0 Å². The molecular formula is C90H56N6S2. The summed E-state index contributed by atoms with van der Waals surface area (Å²) in [6.45, 7) is 0. The van der Waals surface area contributed by atoms with Gasteiger partial charge in [-0.1, -0.05) is 285 Å². The van der Waals surface area contributed by atoms with E-state index in [9.17, 15) is 0 Å². The zero-order chi connectivity index (χ0) is 64.9. The summed E-state index contributed by atoms with van der Waals surface area (Å²) >= 11 is 3.62. The molecule has 4 aromatic heterocycles. The van der Waals surface area contributed by atoms with Gasteiger partial charge in [0.1, 0.15) is 0 Å². The number of hydrogen-bond donors (Lipinski definition) is 0. The van der Waals surface area contributed by atoms with Gasteiger partial charge in [-0.3, -0.25) is 0 Å². The topological polar surface area (TPSA) is 77.3 Å². The number of aromatic nitrogens is 6. The fraction of sp³-hybridized carbons (Fsp3) is 0. The molecule has 19 rings (SSSR count). The van der Waals surface area contributed by atoms with Gasteiger partial charge in [0.2, 0.25) is 0 Å². The summed E-state index contributed by atoms with van der Waals surface area (Å²) in [6, 6.07) is 120. The maximum Gasteiger partial charge on any atom is 0.164 e. The lowest BCUT2D eigenvalue weighted by Crippen LogP contribution is -2.00. The van der Waals surface area contributed by atoms with Crippen molar-refractivity contribution in [2.45, 2.75) is 0 Å². The molecule has 0 aliphatic heterocycles. The first-order valence-corrected chi connectivity index (χ1v) is 34.4. The molecular weight excluding hydrogens is 1230 g/mol. The van der Waals surface area contributed by atoms with E-state index in [-0.39, 0.29) is 0 Å². The second-order valence-electron chi connectivity index (χ2n) is 24.4. The second kappa shape index (κ2) is 25.0. The van der Waals surface area contributed by atoms with E-state index in [4.69, 9.17) is 29.9 Å². The van der Waals surface area contributed by atoms with E-state index >= 15 is 0 Å². The molecule has 0 radical (unpaired) electrons. The molecule has 6 nitrogen and oxygen atoms in total. The molecule has 19 aromatic rings. The monoisotopic (exact) mass is 1280 g/mol. The Hall–Kier alpha value is -12.5. The lowest BCUT2D eigenvalue weighted by atomic mass is 9.90. The van der Waals surface area contributed by atoms with E-state index in [0.717, 1.165) is 50.1 Å². The summed E-state index contributed by atoms with van der Waals surface area (Å²) in [5.74, 6) is 3.93. The van der Waals surface area contributed by atoms with Gasteiger partial charge in [-0.2, -0.15) is 0 Å². The average molecular weight is 1290 g/mol. The molecule has 0 N–H and O–H groups in total. The van der Waals surface area contributed by atoms with Gasteiger partial charge in [-0.15, -0.1) is 22.7 Å². The van der Waals surface area contributed by atoms with Crippen LogP contribution in [0.25, 0.3) is 185 Å². The Morgan fingerprint density at radius 3 is 0.939 bits per heavy atom. The van der Waals surface area contributed by atoms with Crippen molar-refractivity contribution >= 4 is 95.3 Å². The summed E-state index contributed by atoms with van der Waals surface area (Å²) in [5, 5.41) is 12.5. The molecule has 4 heterocycles. The molecule has 0 saturated heterocycles. The van der Waals surface area contributed by atoms with Crippen molar-refractivity contribution < 1.29 is 0 Å². The molecule has 0 amide bonds. The minimum absolute atomic E-state index is 0.653. The highest BCUT2D eigenvalue weighted by Crippen LogP contribution is 2.47. The predicted molar refractivity (Wildman–Crippen MR) is 412 cm³/mol. The van der Waals surface area contributed by atoms with Crippen molar-refractivity contribution in [2.24, 2.45) is 0 Å². The Bertz CT molecular complexity index is 6130. The molecule has 0 aliphatic rings. The van der Waals surface area contributed by atoms with Crippen LogP contribution in [0.5, 0.6) is 0 Å². The molecule has 0 bridgehead atoms. The number of rotatable bonds is 10. The lowest BCUT2D eigenvalue weighted by Gasteiger charge is -2.14. The predicted octanol–water partition coefficient (Wildman–Crippen LogP) is 24.6. The zero-order valence-electron chi connectivity index (χ0n) is 52.8. The van der Waals surface area contributed by atoms with Gasteiger partial charge in [0.15, 0.2) is 34.9 Å². The number of hydrogen-bond acceptors (Lipinski definition) is 8. The molecule has 0 fully saturated rings. The van der Waals surface area contributed by atoms with Gasteiger partial charge in [0.05, 0.1) is 0 Å². The van der Waals surface area contributed by atoms with E-state index in [0.29, 0.717) is 34.9 Å². The second-order valence-corrected chi connectivity index (χ2v) is 26.6. The average Bonchev–Trinajstić information content (AvgIpc) is 1.50. The third kappa shape index (κ3) is 10.9. The normalized spacial score (nSPS) is 11.5. The standard InChI is InChI=1S/C47H29N3S.C43H27N3S/c1-3-14-30(15-4-1)45-48-46(31-16-5-2-6-17-31)50-47(49-45)35-28-41(44-39-24-11-12-25-42(39)51-43(44)29-35)33-20-13-19-32(26-33)40-27-34-18-7-8-21-36(34)37-22-9-10-23-38(37)40;1-3-14-29(15-4-1)41-44-42(30-16-5-2-6-17-30)46-43(45-41)33-26-37(40-36-22-9-10-24-38(36)47-39(40)27-33)32-20-11-19-31(25-32)35-23-12-18-28-13-7-8-21-34(28)35/h1-29H;1-27H. The van der Waals surface area contributed by atoms with Gasteiger partial charge in [-0.05, 0) is 131 Å². The minimum Gasteiger partial charge on any atom is -0.208 e. The van der Waals surface area contributed by atoms with Crippen LogP contribution in [-0.4, -0.2) is 29.9 Å². The molecule has 8 heteroatoms. The van der Waals surface area contributed by atoms with E-state index in [1.807, 2.05) is 120 Å². The van der Waals surface area contributed by atoms with E-state index < -0.39 is 0 Å². The first-order valence-electron chi connectivity index (χ1n) is 32.8. The number of thiophene rings is 2. The van der Waals surface area contributed by atoms with Crippen LogP contribution in [0.3, 0.4) is 0 Å². The Morgan fingerprint density at radius 1 is 0.163 bits per heavy atom. The van der Waals surface area contributed by atoms with Crippen LogP contribution in [0, 0.1) is 0 Å². The number of nitrogens with zero attached hydrogens (tertiary/aromatic N) is 6. The van der Waals surface area contributed by atoms with Gasteiger partial charge >= 0.3 is 0 Å². The van der Waals surface area contributed by atoms with Crippen molar-refractivity contribution in [1.29, 1.82) is 0 Å². The van der Waals surface area contributed by atoms with E-state index in [1.165, 1.54) is 100 Å². The van der Waals surface area contributed by atoms with Crippen molar-refractivity contribution in [3.8, 4) is 113 Å². The third-order valence-electron chi connectivity index (χ3n) is 18.4. The molecule has 0 atom stereocenters. The fourth-order valence-electron chi connectivity index (χ4n) is 13.8. The van der Waals surface area contributed by atoms with Crippen molar-refractivity contribution in [1.82, 2.24) is 29.9 Å². The van der Waals surface area contributed by atoms with E-state index in [1.54, 1.807) is 0 Å². The van der Waals surface area contributed by atoms with Crippen molar-refractivity contribution in [2.75, 3.05) is 0 Å². The highest BCUT2D eigenvalue weighted by molar-refractivity contribution is 7.26. The maximum absolute atomic E-state index is 5.11. The Labute approximate surface area is 573 Å². The number of fused-ring (bicyclic) bond motifs is 10. The lowest BCUT2D eigenvalue weighted by molar-refractivity contribution is 1.07. The zero-order valence-corrected chi connectivity index (χ0v) is 54.5. The van der Waals surface area contributed by atoms with Crippen LogP contribution in [0.15, 0.2) is 340 Å². The molecule has 0 aliphatic carbocycles. The maximum atomic E-state index is 5.11. The van der Waals surface area contributed by atoms with Crippen LogP contribution in [0.4, 0.5) is 0 Å². The third-order valence-corrected chi connectivity index (χ3v) is 20.6. The van der Waals surface area contributed by atoms with Crippen LogP contribution >= 0.6 is 22.7 Å². The van der Waals surface area contributed by atoms with Crippen LogP contribution in [0.2, 0.25) is 0 Å². The van der Waals surface area contributed by atoms with Crippen molar-refractivity contribution in [3.05, 3.63) is 340 Å². The molecule has 458 valence electrons. The summed E-state index contributed by atoms with van der Waals surface area (Å²) in [7, 11) is 0. The highest BCUT2D eigenvalue weighted by atomic mass is 32.1. The smallest absolute Gasteiger partial charge is 0.164 e. The Kier molecular flexibility index (Phi) is 14.8. The van der Waals surface area contributed by atoms with E-state index in [2.05, 4.69) is 243 Å². The van der Waals surface area contributed by atoms with Gasteiger partial charge in [-0.25, -0.2) is 29.9 Å².